The van der Waals surface area contributed by atoms with E-state index in [9.17, 15) is 8.42 Å². The molecule has 1 fully saturated rings. The summed E-state index contributed by atoms with van der Waals surface area (Å²) in [5.41, 5.74) is 0. The fourth-order valence-electron chi connectivity index (χ4n) is 1.34. The molecule has 0 radical (unpaired) electrons. The van der Waals surface area contributed by atoms with Gasteiger partial charge in [-0.2, -0.15) is 0 Å². The molecular formula is C9H19NO2S. The molecule has 0 unspecified atom stereocenters. The van der Waals surface area contributed by atoms with Crippen LogP contribution in [0.4, 0.5) is 0 Å². The van der Waals surface area contributed by atoms with Gasteiger partial charge in [0.2, 0.25) is 10.0 Å². The lowest BCUT2D eigenvalue weighted by Crippen LogP contribution is -2.34. The first-order valence-electron chi connectivity index (χ1n) is 4.84. The average molecular weight is 205 g/mol. The van der Waals surface area contributed by atoms with Gasteiger partial charge < -0.3 is 0 Å². The zero-order chi connectivity index (χ0) is 10.1. The monoisotopic (exact) mass is 205 g/mol. The Morgan fingerprint density at radius 1 is 1.38 bits per heavy atom. The number of hydrogen-bond donors (Lipinski definition) is 0. The van der Waals surface area contributed by atoms with Crippen LogP contribution in [0.2, 0.25) is 0 Å². The summed E-state index contributed by atoms with van der Waals surface area (Å²) in [6.45, 7) is 5.49. The van der Waals surface area contributed by atoms with E-state index in [-0.39, 0.29) is 0 Å². The molecule has 0 heterocycles. The highest BCUT2D eigenvalue weighted by molar-refractivity contribution is 7.88. The summed E-state index contributed by atoms with van der Waals surface area (Å²) in [4.78, 5) is 0. The average Bonchev–Trinajstić information content (AvgIpc) is 2.66. The first-order chi connectivity index (χ1) is 5.89. The zero-order valence-electron chi connectivity index (χ0n) is 8.66. The summed E-state index contributed by atoms with van der Waals surface area (Å²) >= 11 is 0. The Morgan fingerprint density at radius 3 is 2.23 bits per heavy atom. The minimum atomic E-state index is -2.98. The Balaban J connectivity index is 2.52. The van der Waals surface area contributed by atoms with Crippen LogP contribution >= 0.6 is 0 Å². The van der Waals surface area contributed by atoms with Gasteiger partial charge in [-0.15, -0.1) is 0 Å². The lowest BCUT2D eigenvalue weighted by atomic mass is 10.2. The Kier molecular flexibility index (Phi) is 3.35. The van der Waals surface area contributed by atoms with Crippen molar-refractivity contribution in [2.45, 2.75) is 26.7 Å². The smallest absolute Gasteiger partial charge is 0.211 e. The van der Waals surface area contributed by atoms with E-state index in [1.165, 1.54) is 19.1 Å². The quantitative estimate of drug-likeness (QED) is 0.678. The first kappa shape index (κ1) is 11.0. The van der Waals surface area contributed by atoms with Crippen LogP contribution in [0.15, 0.2) is 0 Å². The van der Waals surface area contributed by atoms with Crippen LogP contribution in [-0.4, -0.2) is 32.1 Å². The Morgan fingerprint density at radius 2 is 1.92 bits per heavy atom. The standard InChI is InChI=1S/C9H19NO2S/c1-8(2)6-10(13(3,11)12)7-9-4-5-9/h8-9H,4-7H2,1-3H3. The van der Waals surface area contributed by atoms with Gasteiger partial charge in [0.15, 0.2) is 0 Å². The third kappa shape index (κ3) is 4.09. The van der Waals surface area contributed by atoms with Gasteiger partial charge in [0.25, 0.3) is 0 Å². The van der Waals surface area contributed by atoms with Gasteiger partial charge in [-0.1, -0.05) is 13.8 Å². The SMILES string of the molecule is CC(C)CN(CC1CC1)S(C)(=O)=O. The molecule has 0 aromatic heterocycles. The fraction of sp³-hybridized carbons (Fsp3) is 1.00. The fourth-order valence-corrected chi connectivity index (χ4v) is 2.39. The maximum absolute atomic E-state index is 11.4. The molecule has 1 aliphatic carbocycles. The Hall–Kier alpha value is -0.0900. The van der Waals surface area contributed by atoms with Crippen LogP contribution in [-0.2, 0) is 10.0 Å². The van der Waals surface area contributed by atoms with E-state index in [0.29, 0.717) is 18.4 Å². The van der Waals surface area contributed by atoms with E-state index < -0.39 is 10.0 Å². The van der Waals surface area contributed by atoms with Crippen molar-refractivity contribution in [3.05, 3.63) is 0 Å². The third-order valence-corrected chi connectivity index (χ3v) is 3.43. The van der Waals surface area contributed by atoms with Crippen molar-refractivity contribution in [1.82, 2.24) is 4.31 Å². The molecule has 1 saturated carbocycles. The van der Waals surface area contributed by atoms with E-state index in [1.807, 2.05) is 13.8 Å². The molecule has 0 atom stereocenters. The van der Waals surface area contributed by atoms with Gasteiger partial charge in [0, 0.05) is 13.1 Å². The van der Waals surface area contributed by atoms with Gasteiger partial charge in [-0.05, 0) is 24.7 Å². The molecule has 0 saturated heterocycles. The second-order valence-electron chi connectivity index (χ2n) is 4.42. The molecule has 78 valence electrons. The minimum absolute atomic E-state index is 0.411. The van der Waals surface area contributed by atoms with Gasteiger partial charge in [0.05, 0.1) is 6.26 Å². The van der Waals surface area contributed by atoms with Crippen molar-refractivity contribution in [3.8, 4) is 0 Å². The summed E-state index contributed by atoms with van der Waals surface area (Å²) < 4.78 is 24.3. The van der Waals surface area contributed by atoms with Crippen LogP contribution in [0.5, 0.6) is 0 Å². The predicted octanol–water partition coefficient (Wildman–Crippen LogP) is 1.31. The molecule has 0 amide bonds. The van der Waals surface area contributed by atoms with Gasteiger partial charge in [-0.25, -0.2) is 12.7 Å². The molecule has 1 rings (SSSR count). The highest BCUT2D eigenvalue weighted by atomic mass is 32.2. The molecule has 0 aromatic carbocycles. The molecule has 4 heteroatoms. The van der Waals surface area contributed by atoms with Gasteiger partial charge in [0.1, 0.15) is 0 Å². The molecule has 0 N–H and O–H groups in total. The van der Waals surface area contributed by atoms with Gasteiger partial charge >= 0.3 is 0 Å². The van der Waals surface area contributed by atoms with Crippen molar-refractivity contribution >= 4 is 10.0 Å². The summed E-state index contributed by atoms with van der Waals surface area (Å²) in [6.07, 6.45) is 3.70. The van der Waals surface area contributed by atoms with E-state index in [2.05, 4.69) is 0 Å². The number of rotatable bonds is 5. The summed E-state index contributed by atoms with van der Waals surface area (Å²) in [5, 5.41) is 0. The van der Waals surface area contributed by atoms with Crippen LogP contribution in [0.25, 0.3) is 0 Å². The molecule has 0 aliphatic heterocycles. The lowest BCUT2D eigenvalue weighted by Gasteiger charge is -2.21. The number of sulfonamides is 1. The summed E-state index contributed by atoms with van der Waals surface area (Å²) in [5.74, 6) is 1.04. The summed E-state index contributed by atoms with van der Waals surface area (Å²) in [6, 6.07) is 0. The highest BCUT2D eigenvalue weighted by Gasteiger charge is 2.28. The van der Waals surface area contributed by atoms with Crippen molar-refractivity contribution in [2.24, 2.45) is 11.8 Å². The van der Waals surface area contributed by atoms with Crippen LogP contribution < -0.4 is 0 Å². The Bertz CT molecular complexity index is 251. The predicted molar refractivity (Wildman–Crippen MR) is 54.0 cm³/mol. The molecular weight excluding hydrogens is 186 g/mol. The molecule has 0 bridgehead atoms. The van der Waals surface area contributed by atoms with Crippen LogP contribution in [0.3, 0.4) is 0 Å². The van der Waals surface area contributed by atoms with Crippen molar-refractivity contribution < 1.29 is 8.42 Å². The highest BCUT2D eigenvalue weighted by Crippen LogP contribution is 2.30. The largest absolute Gasteiger partial charge is 0.213 e. The Labute approximate surface area is 81.2 Å². The van der Waals surface area contributed by atoms with E-state index >= 15 is 0 Å². The topological polar surface area (TPSA) is 37.4 Å². The maximum Gasteiger partial charge on any atom is 0.211 e. The molecule has 3 nitrogen and oxygen atoms in total. The van der Waals surface area contributed by atoms with Crippen molar-refractivity contribution in [1.29, 1.82) is 0 Å². The van der Waals surface area contributed by atoms with E-state index in [0.717, 1.165) is 6.54 Å². The van der Waals surface area contributed by atoms with Gasteiger partial charge in [-0.3, -0.25) is 0 Å². The third-order valence-electron chi connectivity index (χ3n) is 2.20. The van der Waals surface area contributed by atoms with Crippen molar-refractivity contribution in [2.75, 3.05) is 19.3 Å². The van der Waals surface area contributed by atoms with E-state index in [4.69, 9.17) is 0 Å². The zero-order valence-corrected chi connectivity index (χ0v) is 9.47. The first-order valence-corrected chi connectivity index (χ1v) is 6.69. The maximum atomic E-state index is 11.4. The second kappa shape index (κ2) is 3.96. The molecule has 1 aliphatic rings. The summed E-state index contributed by atoms with van der Waals surface area (Å²) in [7, 11) is -2.98. The van der Waals surface area contributed by atoms with Crippen molar-refractivity contribution in [3.63, 3.8) is 0 Å². The molecule has 0 spiro atoms. The van der Waals surface area contributed by atoms with E-state index in [1.54, 1.807) is 4.31 Å². The molecule has 0 aromatic rings. The number of hydrogen-bond acceptors (Lipinski definition) is 2. The van der Waals surface area contributed by atoms with Crippen LogP contribution in [0.1, 0.15) is 26.7 Å². The second-order valence-corrected chi connectivity index (χ2v) is 6.40. The number of nitrogens with zero attached hydrogens (tertiary/aromatic N) is 1. The normalized spacial score (nSPS) is 18.5. The van der Waals surface area contributed by atoms with Crippen LogP contribution in [0, 0.1) is 11.8 Å². The lowest BCUT2D eigenvalue weighted by molar-refractivity contribution is 0.358. The minimum Gasteiger partial charge on any atom is -0.213 e. The molecule has 13 heavy (non-hydrogen) atoms.